The lowest BCUT2D eigenvalue weighted by atomic mass is 10.0. The first-order valence-corrected chi connectivity index (χ1v) is 7.86. The SMILES string of the molecule is COC(=O)Cc1csc(N/N=C\c2ccc(C(C)C)cc2)n1. The van der Waals surface area contributed by atoms with E-state index >= 15 is 0 Å². The van der Waals surface area contributed by atoms with Gasteiger partial charge in [0.05, 0.1) is 25.4 Å². The van der Waals surface area contributed by atoms with Gasteiger partial charge in [-0.25, -0.2) is 4.98 Å². The summed E-state index contributed by atoms with van der Waals surface area (Å²) >= 11 is 1.40. The first-order valence-electron chi connectivity index (χ1n) is 6.98. The first kappa shape index (κ1) is 16.2. The molecule has 0 bridgehead atoms. The number of carbonyl (C=O) groups is 1. The monoisotopic (exact) mass is 317 g/mol. The van der Waals surface area contributed by atoms with Gasteiger partial charge in [-0.2, -0.15) is 5.10 Å². The number of carbonyl (C=O) groups excluding carboxylic acids is 1. The number of anilines is 1. The van der Waals surface area contributed by atoms with Crippen molar-refractivity contribution in [3.63, 3.8) is 0 Å². The van der Waals surface area contributed by atoms with E-state index in [1.807, 2.05) is 17.5 Å². The Bertz CT molecular complexity index is 648. The predicted molar refractivity (Wildman–Crippen MR) is 89.6 cm³/mol. The molecule has 2 rings (SSSR count). The fourth-order valence-corrected chi connectivity index (χ4v) is 2.45. The number of ether oxygens (including phenoxy) is 1. The number of thiazole rings is 1. The Kier molecular flexibility index (Phi) is 5.66. The predicted octanol–water partition coefficient (Wildman–Crippen LogP) is 3.43. The van der Waals surface area contributed by atoms with Gasteiger partial charge in [0.25, 0.3) is 0 Å². The number of hydrogen-bond donors (Lipinski definition) is 1. The highest BCUT2D eigenvalue weighted by atomic mass is 32.1. The van der Waals surface area contributed by atoms with Gasteiger partial charge in [-0.3, -0.25) is 10.2 Å². The maximum atomic E-state index is 11.2. The normalized spacial score (nSPS) is 11.1. The summed E-state index contributed by atoms with van der Waals surface area (Å²) in [5.41, 5.74) is 5.86. The largest absolute Gasteiger partial charge is 0.469 e. The van der Waals surface area contributed by atoms with Crippen molar-refractivity contribution in [1.82, 2.24) is 4.98 Å². The number of hydrazone groups is 1. The Morgan fingerprint density at radius 2 is 2.14 bits per heavy atom. The van der Waals surface area contributed by atoms with Gasteiger partial charge in [0.1, 0.15) is 0 Å². The number of nitrogens with one attached hydrogen (secondary N) is 1. The molecule has 116 valence electrons. The summed E-state index contributed by atoms with van der Waals surface area (Å²) in [5, 5.41) is 6.61. The molecular weight excluding hydrogens is 298 g/mol. The summed E-state index contributed by atoms with van der Waals surface area (Å²) in [5.74, 6) is 0.221. The van der Waals surface area contributed by atoms with E-state index in [0.29, 0.717) is 16.7 Å². The van der Waals surface area contributed by atoms with Crippen LogP contribution in [0.3, 0.4) is 0 Å². The molecule has 0 fully saturated rings. The molecule has 22 heavy (non-hydrogen) atoms. The Morgan fingerprint density at radius 1 is 1.41 bits per heavy atom. The maximum Gasteiger partial charge on any atom is 0.311 e. The molecule has 6 heteroatoms. The third-order valence-electron chi connectivity index (χ3n) is 3.08. The van der Waals surface area contributed by atoms with Crippen molar-refractivity contribution in [2.45, 2.75) is 26.2 Å². The number of benzene rings is 1. The van der Waals surface area contributed by atoms with Crippen LogP contribution in [0.25, 0.3) is 0 Å². The second-order valence-corrected chi connectivity index (χ2v) is 5.95. The van der Waals surface area contributed by atoms with Crippen LogP contribution in [0.4, 0.5) is 5.13 Å². The van der Waals surface area contributed by atoms with Crippen molar-refractivity contribution < 1.29 is 9.53 Å². The van der Waals surface area contributed by atoms with Crippen LogP contribution in [0.5, 0.6) is 0 Å². The molecule has 0 unspecified atom stereocenters. The van der Waals surface area contributed by atoms with E-state index in [0.717, 1.165) is 5.56 Å². The van der Waals surface area contributed by atoms with Crippen LogP contribution in [0.1, 0.15) is 36.6 Å². The molecule has 0 amide bonds. The minimum atomic E-state index is -0.300. The molecule has 0 aliphatic carbocycles. The molecule has 0 radical (unpaired) electrons. The summed E-state index contributed by atoms with van der Waals surface area (Å²) in [6.07, 6.45) is 1.92. The van der Waals surface area contributed by atoms with Crippen molar-refractivity contribution in [3.05, 3.63) is 46.5 Å². The van der Waals surface area contributed by atoms with Gasteiger partial charge in [-0.05, 0) is 17.0 Å². The van der Waals surface area contributed by atoms with E-state index in [2.05, 4.69) is 46.2 Å². The number of rotatable bonds is 6. The molecule has 0 saturated heterocycles. The lowest BCUT2D eigenvalue weighted by molar-refractivity contribution is -0.139. The Labute approximate surface area is 134 Å². The number of hydrogen-bond acceptors (Lipinski definition) is 6. The molecule has 2 aromatic rings. The highest BCUT2D eigenvalue weighted by molar-refractivity contribution is 7.13. The van der Waals surface area contributed by atoms with E-state index in [9.17, 15) is 4.79 Å². The summed E-state index contributed by atoms with van der Waals surface area (Å²) in [4.78, 5) is 15.4. The zero-order chi connectivity index (χ0) is 15.9. The average Bonchev–Trinajstić information content (AvgIpc) is 2.95. The standard InChI is InChI=1S/C16H19N3O2S/c1-11(2)13-6-4-12(5-7-13)9-17-19-16-18-14(10-22-16)8-15(20)21-3/h4-7,9-11H,8H2,1-3H3,(H,18,19)/b17-9-. The lowest BCUT2D eigenvalue weighted by Gasteiger charge is -2.04. The van der Waals surface area contributed by atoms with Gasteiger partial charge in [0, 0.05) is 5.38 Å². The van der Waals surface area contributed by atoms with Crippen molar-refractivity contribution >= 4 is 28.7 Å². The van der Waals surface area contributed by atoms with Crippen LogP contribution in [-0.4, -0.2) is 24.3 Å². The molecule has 0 spiro atoms. The fourth-order valence-electron chi connectivity index (χ4n) is 1.79. The van der Waals surface area contributed by atoms with Gasteiger partial charge in [0.15, 0.2) is 0 Å². The van der Waals surface area contributed by atoms with Crippen molar-refractivity contribution in [1.29, 1.82) is 0 Å². The van der Waals surface area contributed by atoms with Crippen molar-refractivity contribution in [2.75, 3.05) is 12.5 Å². The maximum absolute atomic E-state index is 11.2. The number of aromatic nitrogens is 1. The van der Waals surface area contributed by atoms with Crippen LogP contribution in [0.15, 0.2) is 34.7 Å². The molecule has 0 atom stereocenters. The second-order valence-electron chi connectivity index (χ2n) is 5.09. The van der Waals surface area contributed by atoms with Crippen LogP contribution in [0, 0.1) is 0 Å². The summed E-state index contributed by atoms with van der Waals surface area (Å²) in [6, 6.07) is 8.27. The van der Waals surface area contributed by atoms with Crippen LogP contribution in [0.2, 0.25) is 0 Å². The quantitative estimate of drug-likeness (QED) is 0.504. The third kappa shape index (κ3) is 4.66. The number of methoxy groups -OCH3 is 1. The molecule has 1 aromatic carbocycles. The van der Waals surface area contributed by atoms with Crippen LogP contribution in [-0.2, 0) is 16.0 Å². The Hall–Kier alpha value is -2.21. The molecule has 0 aliphatic heterocycles. The Balaban J connectivity index is 1.90. The molecule has 1 heterocycles. The Morgan fingerprint density at radius 3 is 2.77 bits per heavy atom. The average molecular weight is 317 g/mol. The highest BCUT2D eigenvalue weighted by Gasteiger charge is 2.06. The van der Waals surface area contributed by atoms with Crippen LogP contribution < -0.4 is 5.43 Å². The van der Waals surface area contributed by atoms with E-state index in [4.69, 9.17) is 0 Å². The molecule has 1 N–H and O–H groups in total. The van der Waals surface area contributed by atoms with Gasteiger partial charge >= 0.3 is 5.97 Å². The minimum Gasteiger partial charge on any atom is -0.469 e. The summed E-state index contributed by atoms with van der Waals surface area (Å²) < 4.78 is 4.60. The first-order chi connectivity index (χ1) is 10.6. The van der Waals surface area contributed by atoms with Gasteiger partial charge in [-0.1, -0.05) is 38.1 Å². The number of nitrogens with zero attached hydrogens (tertiary/aromatic N) is 2. The van der Waals surface area contributed by atoms with Crippen molar-refractivity contribution in [3.8, 4) is 0 Å². The van der Waals surface area contributed by atoms with E-state index < -0.39 is 0 Å². The van der Waals surface area contributed by atoms with Crippen molar-refractivity contribution in [2.24, 2.45) is 5.10 Å². The zero-order valence-corrected chi connectivity index (χ0v) is 13.7. The highest BCUT2D eigenvalue weighted by Crippen LogP contribution is 2.16. The van der Waals surface area contributed by atoms with E-state index in [-0.39, 0.29) is 12.4 Å². The van der Waals surface area contributed by atoms with E-state index in [1.54, 1.807) is 6.21 Å². The molecule has 0 aliphatic rings. The molecule has 5 nitrogen and oxygen atoms in total. The van der Waals surface area contributed by atoms with Crippen LogP contribution >= 0.6 is 11.3 Å². The van der Waals surface area contributed by atoms with Gasteiger partial charge < -0.3 is 4.74 Å². The third-order valence-corrected chi connectivity index (χ3v) is 3.88. The molecule has 1 aromatic heterocycles. The van der Waals surface area contributed by atoms with Gasteiger partial charge in [-0.15, -0.1) is 11.3 Å². The fraction of sp³-hybridized carbons (Fsp3) is 0.312. The topological polar surface area (TPSA) is 63.6 Å². The summed E-state index contributed by atoms with van der Waals surface area (Å²) in [7, 11) is 1.36. The smallest absolute Gasteiger partial charge is 0.311 e. The molecule has 0 saturated carbocycles. The minimum absolute atomic E-state index is 0.176. The lowest BCUT2D eigenvalue weighted by Crippen LogP contribution is -2.04. The zero-order valence-electron chi connectivity index (χ0n) is 12.9. The number of esters is 1. The summed E-state index contributed by atoms with van der Waals surface area (Å²) in [6.45, 7) is 4.33. The van der Waals surface area contributed by atoms with E-state index in [1.165, 1.54) is 24.0 Å². The van der Waals surface area contributed by atoms with Gasteiger partial charge in [0.2, 0.25) is 5.13 Å². The second kappa shape index (κ2) is 7.70. The molecular formula is C16H19N3O2S.